The van der Waals surface area contributed by atoms with Gasteiger partial charge in [0.05, 0.1) is 5.69 Å². The van der Waals surface area contributed by atoms with E-state index < -0.39 is 5.91 Å². The number of carbonyl (C=O) groups is 1. The first-order valence-corrected chi connectivity index (χ1v) is 8.06. The maximum Gasteiger partial charge on any atom is 0.295 e. The molecule has 0 saturated carbocycles. The standard InChI is InChI=1S/C17H17FN6O.2ClH/c1-9-7-10(2)24-17(20-9)22-15(23-24)16(25)21-13-4-3-11-8-19-6-5-12(11)14(13)18;;/h3-4,7,19H,5-6,8H2,1-2H3,(H,21,25);2*1H. The Kier molecular flexibility index (Phi) is 6.35. The number of hydrogen-bond acceptors (Lipinski definition) is 5. The smallest absolute Gasteiger partial charge is 0.295 e. The third-order valence-corrected chi connectivity index (χ3v) is 4.28. The van der Waals surface area contributed by atoms with Gasteiger partial charge < -0.3 is 10.6 Å². The zero-order chi connectivity index (χ0) is 17.6. The molecular weight excluding hydrogens is 394 g/mol. The molecule has 0 radical (unpaired) electrons. The Bertz CT molecular complexity index is 1010. The summed E-state index contributed by atoms with van der Waals surface area (Å²) in [5.41, 5.74) is 3.32. The van der Waals surface area contributed by atoms with Gasteiger partial charge in [-0.1, -0.05) is 6.07 Å². The Balaban J connectivity index is 0.00000131. The number of anilines is 1. The number of halogens is 3. The number of fused-ring (bicyclic) bond motifs is 2. The molecule has 0 unspecified atom stereocenters. The molecule has 2 aromatic heterocycles. The molecule has 3 aromatic rings. The molecule has 0 saturated heterocycles. The second kappa shape index (κ2) is 8.16. The van der Waals surface area contributed by atoms with Crippen molar-refractivity contribution in [3.63, 3.8) is 0 Å². The molecule has 10 heteroatoms. The van der Waals surface area contributed by atoms with Crippen LogP contribution in [0.1, 0.15) is 33.1 Å². The molecule has 0 fully saturated rings. The van der Waals surface area contributed by atoms with Crippen LogP contribution in [0.15, 0.2) is 18.2 Å². The summed E-state index contributed by atoms with van der Waals surface area (Å²) in [6.07, 6.45) is 0.597. The quantitative estimate of drug-likeness (QED) is 0.675. The van der Waals surface area contributed by atoms with Crippen LogP contribution in [0.4, 0.5) is 10.1 Å². The van der Waals surface area contributed by atoms with Crippen LogP contribution in [0.5, 0.6) is 0 Å². The van der Waals surface area contributed by atoms with E-state index in [1.54, 1.807) is 6.07 Å². The second-order valence-electron chi connectivity index (χ2n) is 6.13. The van der Waals surface area contributed by atoms with Gasteiger partial charge in [-0.2, -0.15) is 4.98 Å². The van der Waals surface area contributed by atoms with Crippen molar-refractivity contribution in [2.75, 3.05) is 11.9 Å². The van der Waals surface area contributed by atoms with Gasteiger partial charge in [0.2, 0.25) is 5.82 Å². The fourth-order valence-corrected chi connectivity index (χ4v) is 3.07. The Morgan fingerprint density at radius 1 is 1.26 bits per heavy atom. The number of benzene rings is 1. The molecule has 3 heterocycles. The third kappa shape index (κ3) is 3.87. The van der Waals surface area contributed by atoms with Gasteiger partial charge in [0.25, 0.3) is 11.7 Å². The molecule has 27 heavy (non-hydrogen) atoms. The highest BCUT2D eigenvalue weighted by atomic mass is 35.5. The average Bonchev–Trinajstić information content (AvgIpc) is 3.02. The summed E-state index contributed by atoms with van der Waals surface area (Å²) < 4.78 is 16.1. The number of aryl methyl sites for hydroxylation is 2. The van der Waals surface area contributed by atoms with Crippen molar-refractivity contribution in [2.45, 2.75) is 26.8 Å². The summed E-state index contributed by atoms with van der Waals surface area (Å²) in [7, 11) is 0. The zero-order valence-corrected chi connectivity index (χ0v) is 16.4. The van der Waals surface area contributed by atoms with Crippen LogP contribution >= 0.6 is 24.8 Å². The Morgan fingerprint density at radius 3 is 2.81 bits per heavy atom. The van der Waals surface area contributed by atoms with Crippen molar-refractivity contribution in [3.8, 4) is 0 Å². The fourth-order valence-electron chi connectivity index (χ4n) is 3.07. The zero-order valence-electron chi connectivity index (χ0n) is 14.7. The van der Waals surface area contributed by atoms with E-state index in [-0.39, 0.29) is 42.1 Å². The van der Waals surface area contributed by atoms with E-state index >= 15 is 0 Å². The Morgan fingerprint density at radius 2 is 2.04 bits per heavy atom. The van der Waals surface area contributed by atoms with Gasteiger partial charge in [-0.05, 0) is 50.1 Å². The van der Waals surface area contributed by atoms with Crippen LogP contribution in [-0.2, 0) is 13.0 Å². The SMILES string of the molecule is Cc1cc(C)n2nc(C(=O)Nc3ccc4c(c3F)CCNC4)nc2n1.Cl.Cl. The predicted octanol–water partition coefficient (Wildman–Crippen LogP) is 2.62. The summed E-state index contributed by atoms with van der Waals surface area (Å²) in [5, 5.41) is 9.93. The number of nitrogens with zero attached hydrogens (tertiary/aromatic N) is 4. The normalized spacial score (nSPS) is 12.7. The topological polar surface area (TPSA) is 84.2 Å². The molecular formula is C17H19Cl2FN6O. The minimum Gasteiger partial charge on any atom is -0.317 e. The molecule has 1 aliphatic heterocycles. The van der Waals surface area contributed by atoms with Crippen molar-refractivity contribution in [1.29, 1.82) is 0 Å². The van der Waals surface area contributed by atoms with Crippen LogP contribution < -0.4 is 10.6 Å². The molecule has 4 rings (SSSR count). The molecule has 1 aromatic carbocycles. The summed E-state index contributed by atoms with van der Waals surface area (Å²) in [6.45, 7) is 5.06. The molecule has 1 aliphatic rings. The fraction of sp³-hybridized carbons (Fsp3) is 0.294. The molecule has 0 bridgehead atoms. The first kappa shape index (κ1) is 21.0. The molecule has 0 spiro atoms. The maximum absolute atomic E-state index is 14.7. The Labute approximate surface area is 167 Å². The van der Waals surface area contributed by atoms with E-state index in [4.69, 9.17) is 0 Å². The largest absolute Gasteiger partial charge is 0.317 e. The van der Waals surface area contributed by atoms with Gasteiger partial charge >= 0.3 is 0 Å². The Hall–Kier alpha value is -2.29. The number of aromatic nitrogens is 4. The van der Waals surface area contributed by atoms with Crippen molar-refractivity contribution < 1.29 is 9.18 Å². The van der Waals surface area contributed by atoms with Gasteiger partial charge in [-0.15, -0.1) is 29.9 Å². The molecule has 2 N–H and O–H groups in total. The number of nitrogens with one attached hydrogen (secondary N) is 2. The summed E-state index contributed by atoms with van der Waals surface area (Å²) >= 11 is 0. The van der Waals surface area contributed by atoms with Crippen molar-refractivity contribution in [3.05, 3.63) is 52.4 Å². The van der Waals surface area contributed by atoms with E-state index in [9.17, 15) is 9.18 Å². The predicted molar refractivity (Wildman–Crippen MR) is 105 cm³/mol. The first-order chi connectivity index (χ1) is 12.0. The second-order valence-corrected chi connectivity index (χ2v) is 6.13. The van der Waals surface area contributed by atoms with Crippen molar-refractivity contribution in [2.24, 2.45) is 0 Å². The minimum atomic E-state index is -0.560. The van der Waals surface area contributed by atoms with Crippen LogP contribution in [0.3, 0.4) is 0 Å². The number of hydrogen-bond donors (Lipinski definition) is 2. The van der Waals surface area contributed by atoms with E-state index in [0.29, 0.717) is 24.3 Å². The lowest BCUT2D eigenvalue weighted by Gasteiger charge is -2.19. The van der Waals surface area contributed by atoms with Crippen LogP contribution in [0, 0.1) is 19.7 Å². The summed E-state index contributed by atoms with van der Waals surface area (Å²) in [4.78, 5) is 20.8. The third-order valence-electron chi connectivity index (χ3n) is 4.28. The number of rotatable bonds is 2. The molecule has 1 amide bonds. The summed E-state index contributed by atoms with van der Waals surface area (Å²) in [6, 6.07) is 5.25. The highest BCUT2D eigenvalue weighted by molar-refractivity contribution is 6.02. The lowest BCUT2D eigenvalue weighted by Crippen LogP contribution is -2.25. The van der Waals surface area contributed by atoms with Gasteiger partial charge in [0.1, 0.15) is 5.82 Å². The van der Waals surface area contributed by atoms with E-state index in [2.05, 4.69) is 25.7 Å². The van der Waals surface area contributed by atoms with Crippen molar-refractivity contribution >= 4 is 42.2 Å². The monoisotopic (exact) mass is 412 g/mol. The highest BCUT2D eigenvalue weighted by Crippen LogP contribution is 2.24. The minimum absolute atomic E-state index is 0. The molecule has 144 valence electrons. The van der Waals surface area contributed by atoms with E-state index in [1.807, 2.05) is 26.0 Å². The molecule has 7 nitrogen and oxygen atoms in total. The van der Waals surface area contributed by atoms with Gasteiger partial charge in [0, 0.05) is 17.9 Å². The van der Waals surface area contributed by atoms with Crippen LogP contribution in [0.25, 0.3) is 5.78 Å². The number of amides is 1. The average molecular weight is 413 g/mol. The molecule has 0 atom stereocenters. The molecule has 0 aliphatic carbocycles. The lowest BCUT2D eigenvalue weighted by molar-refractivity contribution is 0.101. The highest BCUT2D eigenvalue weighted by Gasteiger charge is 2.20. The van der Waals surface area contributed by atoms with E-state index in [0.717, 1.165) is 23.5 Å². The van der Waals surface area contributed by atoms with Gasteiger partial charge in [-0.3, -0.25) is 4.79 Å². The van der Waals surface area contributed by atoms with Crippen LogP contribution in [-0.4, -0.2) is 32.0 Å². The first-order valence-electron chi connectivity index (χ1n) is 8.06. The van der Waals surface area contributed by atoms with Crippen molar-refractivity contribution in [1.82, 2.24) is 24.9 Å². The maximum atomic E-state index is 14.7. The van der Waals surface area contributed by atoms with Gasteiger partial charge in [-0.25, -0.2) is 13.9 Å². The number of carbonyl (C=O) groups excluding carboxylic acids is 1. The van der Waals surface area contributed by atoms with E-state index in [1.165, 1.54) is 4.52 Å². The van der Waals surface area contributed by atoms with Crippen LogP contribution in [0.2, 0.25) is 0 Å². The van der Waals surface area contributed by atoms with Gasteiger partial charge in [0.15, 0.2) is 0 Å². The summed E-state index contributed by atoms with van der Waals surface area (Å²) in [5.74, 6) is -0.642. The lowest BCUT2D eigenvalue weighted by atomic mass is 9.99.